The number of carbonyl (C=O) groups excluding carboxylic acids is 4. The maximum atomic E-state index is 15.1. The van der Waals surface area contributed by atoms with E-state index in [4.69, 9.17) is 18.9 Å². The van der Waals surface area contributed by atoms with Gasteiger partial charge in [-0.05, 0) is 95.4 Å². The van der Waals surface area contributed by atoms with Gasteiger partial charge < -0.3 is 34.5 Å². The first-order valence-electron chi connectivity index (χ1n) is 22.1. The number of ether oxygens (including phenoxy) is 4. The van der Waals surface area contributed by atoms with Crippen LogP contribution in [0.4, 0.5) is 18.0 Å². The van der Waals surface area contributed by atoms with E-state index in [0.29, 0.717) is 85.9 Å². The highest BCUT2D eigenvalue weighted by Crippen LogP contribution is 2.48. The molecule has 4 aliphatic rings. The van der Waals surface area contributed by atoms with Crippen LogP contribution in [0.5, 0.6) is 17.5 Å². The van der Waals surface area contributed by atoms with E-state index in [9.17, 15) is 36.0 Å². The number of alkyl halides is 3. The molecule has 0 radical (unpaired) electrons. The number of carbonyl (C=O) groups is 4. The summed E-state index contributed by atoms with van der Waals surface area (Å²) in [5, 5.41) is 6.49. The van der Waals surface area contributed by atoms with Crippen LogP contribution in [0.1, 0.15) is 86.0 Å². The van der Waals surface area contributed by atoms with Crippen LogP contribution in [0.3, 0.4) is 0 Å². The number of alkyl carbamates (subject to hydrolysis) is 1. The minimum absolute atomic E-state index is 0.0546. The summed E-state index contributed by atoms with van der Waals surface area (Å²) in [6.07, 6.45) is 2.03. The molecule has 66 heavy (non-hydrogen) atoms. The molecule has 2 aliphatic carbocycles. The Labute approximate surface area is 381 Å². The van der Waals surface area contributed by atoms with E-state index in [2.05, 4.69) is 25.3 Å². The average Bonchev–Trinajstić information content (AvgIpc) is 4.15. The smallest absolute Gasteiger partial charge is 0.427 e. The highest BCUT2D eigenvalue weighted by Gasteiger charge is 2.63. The molecule has 2 saturated carbocycles. The number of halogens is 3. The van der Waals surface area contributed by atoms with Crippen LogP contribution in [-0.4, -0.2) is 108 Å². The molecule has 1 aromatic carbocycles. The first-order chi connectivity index (χ1) is 31.0. The highest BCUT2D eigenvalue weighted by atomic mass is 32.2. The van der Waals surface area contributed by atoms with Crippen LogP contribution in [0, 0.1) is 17.8 Å². The lowest BCUT2D eigenvalue weighted by Gasteiger charge is -2.35. The summed E-state index contributed by atoms with van der Waals surface area (Å²) < 4.78 is 91.7. The van der Waals surface area contributed by atoms with Gasteiger partial charge in [0.15, 0.2) is 0 Å². The zero-order valence-corrected chi connectivity index (χ0v) is 38.8. The molecule has 4 heterocycles. The number of rotatable bonds is 11. The number of amides is 4. The third-order valence-corrected chi connectivity index (χ3v) is 15.7. The summed E-state index contributed by atoms with van der Waals surface area (Å²) in [4.78, 5) is 67.5. The molecule has 2 aliphatic heterocycles. The molecule has 2 aromatic heterocycles. The van der Waals surface area contributed by atoms with E-state index < -0.39 is 85.9 Å². The van der Waals surface area contributed by atoms with E-state index in [-0.39, 0.29) is 31.2 Å². The first-order valence-corrected chi connectivity index (χ1v) is 23.6. The summed E-state index contributed by atoms with van der Waals surface area (Å²) in [5.74, 6) is -2.63. The lowest BCUT2D eigenvalue weighted by Crippen LogP contribution is -2.60. The molecule has 0 spiro atoms. The van der Waals surface area contributed by atoms with Crippen LogP contribution in [0.15, 0.2) is 54.9 Å². The molecule has 0 bridgehead atoms. The van der Waals surface area contributed by atoms with Crippen LogP contribution in [0.2, 0.25) is 0 Å². The number of methoxy groups -OCH3 is 2. The molecule has 7 atom stereocenters. The minimum atomic E-state index is -4.93. The molecule has 4 amide bonds. The number of benzene rings is 1. The van der Waals surface area contributed by atoms with E-state index in [0.717, 1.165) is 0 Å². The number of pyridine rings is 2. The normalized spacial score (nSPS) is 27.2. The van der Waals surface area contributed by atoms with E-state index in [1.807, 2.05) is 19.1 Å². The van der Waals surface area contributed by atoms with Gasteiger partial charge >= 0.3 is 12.3 Å². The van der Waals surface area contributed by atoms with Crippen molar-refractivity contribution in [2.45, 2.75) is 126 Å². The number of sulfonamides is 1. The molecule has 358 valence electrons. The van der Waals surface area contributed by atoms with Crippen LogP contribution < -0.4 is 29.6 Å². The number of fused-ring (bicyclic) bond motifs is 3. The minimum Gasteiger partial charge on any atom is -0.497 e. The second kappa shape index (κ2) is 18.2. The highest BCUT2D eigenvalue weighted by molar-refractivity contribution is 7.91. The monoisotopic (exact) mass is 942 g/mol. The van der Waals surface area contributed by atoms with Crippen molar-refractivity contribution in [1.82, 2.24) is 30.2 Å². The molecule has 1 unspecified atom stereocenters. The number of nitrogens with zero attached hydrogens (tertiary/aromatic N) is 3. The van der Waals surface area contributed by atoms with Gasteiger partial charge in [-0.2, -0.15) is 13.2 Å². The molecular weight excluding hydrogens is 886 g/mol. The van der Waals surface area contributed by atoms with Crippen molar-refractivity contribution >= 4 is 44.6 Å². The predicted octanol–water partition coefficient (Wildman–Crippen LogP) is 6.37. The number of allylic oxidation sites excluding steroid dienone is 1. The Morgan fingerprint density at radius 3 is 2.39 bits per heavy atom. The van der Waals surface area contributed by atoms with Crippen molar-refractivity contribution in [3.8, 4) is 28.6 Å². The van der Waals surface area contributed by atoms with Gasteiger partial charge in [-0.15, -0.1) is 0 Å². The molecule has 7 rings (SSSR count). The fraction of sp³-hybridized carbons (Fsp3) is 0.565. The zero-order valence-electron chi connectivity index (χ0n) is 38.0. The standard InChI is InChI=1S/C46H57F3N6O10S/c1-8-27-19-26(2)11-9-10-12-29-22-45(29,41(58)54-66(60,61)44(5)17-18-44)53-38(56)35-21-31(25-55(35)40(57)37(27)52-42(59)65-43(3,4)46(47,48)49)64-39-32-15-14-30(62-6)20-33(32)34(24-51-39)28-13-16-36(63-7)50-23-28/h10,12-16,20,23-24,26-27,29,31,35,37H,8-9,11,17-19,21-22,25H2,1-7H3,(H,52,59)(H,53,56)(H,54,58)/b12-10-/t26-,27-,29-,31-,35?,37+,45-/m1/s1. The Morgan fingerprint density at radius 1 is 1.02 bits per heavy atom. The molecule has 3 fully saturated rings. The number of hydrogen-bond donors (Lipinski definition) is 3. The predicted molar refractivity (Wildman–Crippen MR) is 236 cm³/mol. The van der Waals surface area contributed by atoms with Crippen LogP contribution >= 0.6 is 0 Å². The average molecular weight is 943 g/mol. The first kappa shape index (κ1) is 48.3. The van der Waals surface area contributed by atoms with Gasteiger partial charge in [-0.3, -0.25) is 19.1 Å². The quantitative estimate of drug-likeness (QED) is 0.180. The van der Waals surface area contributed by atoms with E-state index in [1.54, 1.807) is 49.7 Å². The number of hydrogen-bond acceptors (Lipinski definition) is 12. The third-order valence-electron chi connectivity index (χ3n) is 13.5. The summed E-state index contributed by atoms with van der Waals surface area (Å²) >= 11 is 0. The molecule has 16 nitrogen and oxygen atoms in total. The lowest BCUT2D eigenvalue weighted by atomic mass is 9.85. The van der Waals surface area contributed by atoms with E-state index >= 15 is 4.79 Å². The number of nitrogens with one attached hydrogen (secondary N) is 3. The Kier molecular flexibility index (Phi) is 13.3. The molecule has 1 saturated heterocycles. The molecule has 3 aromatic rings. The van der Waals surface area contributed by atoms with Crippen LogP contribution in [0.25, 0.3) is 21.9 Å². The fourth-order valence-electron chi connectivity index (χ4n) is 8.73. The van der Waals surface area contributed by atoms with Crippen LogP contribution in [-0.2, 0) is 29.1 Å². The van der Waals surface area contributed by atoms with Crippen molar-refractivity contribution in [3.63, 3.8) is 0 Å². The fourth-order valence-corrected chi connectivity index (χ4v) is 10.0. The van der Waals surface area contributed by atoms with Gasteiger partial charge in [0.25, 0.3) is 5.91 Å². The van der Waals surface area contributed by atoms with Crippen molar-refractivity contribution in [1.29, 1.82) is 0 Å². The van der Waals surface area contributed by atoms with Crippen molar-refractivity contribution < 1.29 is 59.7 Å². The second-order valence-corrected chi connectivity index (χ2v) is 20.8. The zero-order chi connectivity index (χ0) is 48.0. The SMILES string of the molecule is CC[C@@H]1C[C@H](C)CC/C=C\[C@@H]2C[C@@]2(C(=O)NS(=O)(=O)C2(C)CC2)NC(=O)C2C[C@@H](Oc3ncc(-c4ccc(OC)nc4)c4cc(OC)ccc34)CN2C(=O)[C@H]1NC(=O)OC(C)(C)C(F)(F)F. The van der Waals surface area contributed by atoms with Gasteiger partial charge in [0.05, 0.1) is 25.5 Å². The van der Waals surface area contributed by atoms with Gasteiger partial charge in [0, 0.05) is 52.7 Å². The van der Waals surface area contributed by atoms with Gasteiger partial charge in [0.1, 0.15) is 29.5 Å². The maximum Gasteiger partial charge on any atom is 0.427 e. The maximum absolute atomic E-state index is 15.1. The van der Waals surface area contributed by atoms with Gasteiger partial charge in [-0.1, -0.05) is 32.4 Å². The molecular formula is C46H57F3N6O10S. The summed E-state index contributed by atoms with van der Waals surface area (Å²) in [6.45, 7) is 6.43. The Morgan fingerprint density at radius 2 is 1.76 bits per heavy atom. The Hall–Kier alpha value is -5.66. The van der Waals surface area contributed by atoms with Crippen molar-refractivity contribution in [3.05, 3.63) is 54.9 Å². The van der Waals surface area contributed by atoms with E-state index in [1.165, 1.54) is 26.0 Å². The largest absolute Gasteiger partial charge is 0.497 e. The molecule has 3 N–H and O–H groups in total. The second-order valence-electron chi connectivity index (χ2n) is 18.6. The van der Waals surface area contributed by atoms with Crippen molar-refractivity contribution in [2.75, 3.05) is 20.8 Å². The Balaban J connectivity index is 1.26. The topological polar surface area (TPSA) is 204 Å². The number of aromatic nitrogens is 2. The summed E-state index contributed by atoms with van der Waals surface area (Å²) in [7, 11) is -1.08. The van der Waals surface area contributed by atoms with Gasteiger partial charge in [0.2, 0.25) is 39.2 Å². The lowest BCUT2D eigenvalue weighted by molar-refractivity contribution is -0.244. The molecule has 20 heteroatoms. The Bertz CT molecular complexity index is 2500. The summed E-state index contributed by atoms with van der Waals surface area (Å²) in [5.41, 5.74) is -3.19. The third kappa shape index (κ3) is 9.74. The summed E-state index contributed by atoms with van der Waals surface area (Å²) in [6, 6.07) is 5.98. The van der Waals surface area contributed by atoms with Gasteiger partial charge in [-0.25, -0.2) is 23.2 Å². The van der Waals surface area contributed by atoms with Crippen molar-refractivity contribution in [2.24, 2.45) is 17.8 Å².